The Kier molecular flexibility index (Phi) is 6.42. The van der Waals surface area contributed by atoms with Gasteiger partial charge in [0.15, 0.2) is 0 Å². The fourth-order valence-electron chi connectivity index (χ4n) is 3.23. The molecule has 3 rings (SSSR count). The number of sulfonamides is 1. The highest BCUT2D eigenvalue weighted by Crippen LogP contribution is 2.30. The summed E-state index contributed by atoms with van der Waals surface area (Å²) in [7, 11) is -0.544. The predicted octanol–water partition coefficient (Wildman–Crippen LogP) is 3.01. The third-order valence-electron chi connectivity index (χ3n) is 4.84. The van der Waals surface area contributed by atoms with E-state index in [-0.39, 0.29) is 22.1 Å². The van der Waals surface area contributed by atoms with Gasteiger partial charge < -0.3 is 5.32 Å². The first-order valence-electron chi connectivity index (χ1n) is 9.22. The highest BCUT2D eigenvalue weighted by Gasteiger charge is 2.24. The first-order chi connectivity index (χ1) is 13.3. The molecule has 0 bridgehead atoms. The fraction of sp³-hybridized carbons (Fsp3) is 0.400. The third kappa shape index (κ3) is 4.56. The van der Waals surface area contributed by atoms with Gasteiger partial charge in [0.25, 0.3) is 0 Å². The lowest BCUT2D eigenvalue weighted by molar-refractivity contribution is -0.121. The van der Waals surface area contributed by atoms with Crippen LogP contribution in [0.3, 0.4) is 0 Å². The summed E-state index contributed by atoms with van der Waals surface area (Å²) in [4.78, 5) is 17.0. The monoisotopic (exact) mass is 419 g/mol. The van der Waals surface area contributed by atoms with Crippen molar-refractivity contribution in [1.29, 1.82) is 0 Å². The highest BCUT2D eigenvalue weighted by atomic mass is 32.2. The first-order valence-corrected chi connectivity index (χ1v) is 11.5. The minimum atomic E-state index is -3.50. The largest absolute Gasteiger partial charge is 0.348 e. The zero-order chi connectivity index (χ0) is 20.3. The number of aromatic nitrogens is 1. The van der Waals surface area contributed by atoms with E-state index in [2.05, 4.69) is 22.4 Å². The molecule has 2 atom stereocenters. The molecular formula is C20H25N3O3S2. The number of nitrogens with zero attached hydrogens (tertiary/aromatic N) is 2. The van der Waals surface area contributed by atoms with Crippen LogP contribution in [0.4, 0.5) is 0 Å². The molecule has 0 spiro atoms. The second-order valence-corrected chi connectivity index (χ2v) is 10.5. The Morgan fingerprint density at radius 1 is 1.25 bits per heavy atom. The zero-order valence-electron chi connectivity index (χ0n) is 16.3. The average Bonchev–Trinajstić information content (AvgIpc) is 2.68. The summed E-state index contributed by atoms with van der Waals surface area (Å²) in [6, 6.07) is 11.5. The maximum atomic E-state index is 12.7. The summed E-state index contributed by atoms with van der Waals surface area (Å²) in [5.41, 5.74) is 2.51. The minimum absolute atomic E-state index is 0.0427. The molecule has 1 aliphatic rings. The van der Waals surface area contributed by atoms with Gasteiger partial charge in [-0.1, -0.05) is 36.0 Å². The van der Waals surface area contributed by atoms with E-state index in [9.17, 15) is 13.2 Å². The quantitative estimate of drug-likeness (QED) is 0.728. The van der Waals surface area contributed by atoms with Crippen molar-refractivity contribution in [2.24, 2.45) is 0 Å². The topological polar surface area (TPSA) is 79.4 Å². The zero-order valence-corrected chi connectivity index (χ0v) is 17.9. The molecule has 1 amide bonds. The Hall–Kier alpha value is -1.90. The van der Waals surface area contributed by atoms with Crippen LogP contribution in [0.15, 0.2) is 52.5 Å². The summed E-state index contributed by atoms with van der Waals surface area (Å²) in [5.74, 6) is -0.0431. The number of aryl methyl sites for hydroxylation is 1. The van der Waals surface area contributed by atoms with Crippen molar-refractivity contribution in [2.75, 3.05) is 14.1 Å². The maximum absolute atomic E-state index is 12.7. The molecule has 1 N–H and O–H groups in total. The fourth-order valence-corrected chi connectivity index (χ4v) is 4.87. The highest BCUT2D eigenvalue weighted by molar-refractivity contribution is 8.00. The number of rotatable bonds is 6. The van der Waals surface area contributed by atoms with Crippen LogP contribution in [-0.2, 0) is 21.2 Å². The van der Waals surface area contributed by atoms with E-state index in [0.717, 1.165) is 23.6 Å². The number of fused-ring (bicyclic) bond motifs is 1. The van der Waals surface area contributed by atoms with Crippen molar-refractivity contribution < 1.29 is 13.2 Å². The number of amides is 1. The van der Waals surface area contributed by atoms with Gasteiger partial charge in [-0.05, 0) is 49.4 Å². The van der Waals surface area contributed by atoms with Gasteiger partial charge in [-0.3, -0.25) is 4.79 Å². The Bertz CT molecular complexity index is 943. The van der Waals surface area contributed by atoms with Crippen molar-refractivity contribution in [1.82, 2.24) is 14.6 Å². The van der Waals surface area contributed by atoms with Crippen LogP contribution in [0.2, 0.25) is 0 Å². The van der Waals surface area contributed by atoms with Crippen molar-refractivity contribution >= 4 is 27.7 Å². The molecule has 150 valence electrons. The van der Waals surface area contributed by atoms with E-state index in [0.29, 0.717) is 5.03 Å². The van der Waals surface area contributed by atoms with Crippen molar-refractivity contribution in [3.05, 3.63) is 53.7 Å². The maximum Gasteiger partial charge on any atom is 0.244 e. The van der Waals surface area contributed by atoms with Crippen LogP contribution in [-0.4, -0.2) is 43.0 Å². The Morgan fingerprint density at radius 2 is 2.00 bits per heavy atom. The molecule has 1 aromatic carbocycles. The van der Waals surface area contributed by atoms with E-state index in [4.69, 9.17) is 0 Å². The Balaban J connectivity index is 1.64. The molecule has 1 aliphatic carbocycles. The number of hydrogen-bond acceptors (Lipinski definition) is 5. The second kappa shape index (κ2) is 8.63. The SMILES string of the molecule is C[C@H](Sc1ccc(S(=O)(=O)N(C)C)cn1)C(=O)N[C@@H]1CCCc2ccccc21. The van der Waals surface area contributed by atoms with Gasteiger partial charge in [0.1, 0.15) is 4.90 Å². The molecule has 0 radical (unpaired) electrons. The molecule has 2 aromatic rings. The molecule has 0 unspecified atom stereocenters. The number of carbonyl (C=O) groups excluding carboxylic acids is 1. The molecule has 0 fully saturated rings. The molecule has 0 saturated carbocycles. The number of nitrogens with one attached hydrogen (secondary N) is 1. The van der Waals surface area contributed by atoms with Gasteiger partial charge in [0.2, 0.25) is 15.9 Å². The van der Waals surface area contributed by atoms with Gasteiger partial charge >= 0.3 is 0 Å². The lowest BCUT2D eigenvalue weighted by Gasteiger charge is -2.27. The normalized spacial score (nSPS) is 17.8. The Labute approximate surface area is 170 Å². The first kappa shape index (κ1) is 20.8. The van der Waals surface area contributed by atoms with E-state index in [1.807, 2.05) is 19.1 Å². The van der Waals surface area contributed by atoms with Crippen LogP contribution in [0.1, 0.15) is 36.9 Å². The van der Waals surface area contributed by atoms with E-state index in [1.165, 1.54) is 49.2 Å². The standard InChI is InChI=1S/C20H25N3O3S2/c1-14(27-19-12-11-16(13-21-19)28(25,26)23(2)3)20(24)22-18-10-6-8-15-7-4-5-9-17(15)18/h4-5,7,9,11-14,18H,6,8,10H2,1-3H3,(H,22,24)/t14-,18+/m0/s1. The molecule has 1 aromatic heterocycles. The lowest BCUT2D eigenvalue weighted by atomic mass is 9.88. The van der Waals surface area contributed by atoms with Crippen LogP contribution < -0.4 is 5.32 Å². The van der Waals surface area contributed by atoms with E-state index < -0.39 is 10.0 Å². The summed E-state index contributed by atoms with van der Waals surface area (Å²) < 4.78 is 25.4. The molecule has 0 aliphatic heterocycles. The number of carbonyl (C=O) groups is 1. The van der Waals surface area contributed by atoms with Gasteiger partial charge in [-0.2, -0.15) is 0 Å². The molecular weight excluding hydrogens is 394 g/mol. The van der Waals surface area contributed by atoms with Crippen LogP contribution >= 0.6 is 11.8 Å². The summed E-state index contributed by atoms with van der Waals surface area (Å²) >= 11 is 1.32. The lowest BCUT2D eigenvalue weighted by Crippen LogP contribution is -2.35. The smallest absolute Gasteiger partial charge is 0.244 e. The molecule has 8 heteroatoms. The van der Waals surface area contributed by atoms with Crippen molar-refractivity contribution in [2.45, 2.75) is 47.4 Å². The van der Waals surface area contributed by atoms with Crippen molar-refractivity contribution in [3.63, 3.8) is 0 Å². The molecule has 1 heterocycles. The van der Waals surface area contributed by atoms with E-state index >= 15 is 0 Å². The van der Waals surface area contributed by atoms with Gasteiger partial charge in [0, 0.05) is 20.3 Å². The van der Waals surface area contributed by atoms with Crippen LogP contribution in [0, 0.1) is 0 Å². The van der Waals surface area contributed by atoms with Gasteiger partial charge in [0.05, 0.1) is 16.3 Å². The molecule has 0 saturated heterocycles. The molecule has 28 heavy (non-hydrogen) atoms. The Morgan fingerprint density at radius 3 is 2.68 bits per heavy atom. The second-order valence-electron chi connectivity index (χ2n) is 7.03. The van der Waals surface area contributed by atoms with Crippen molar-refractivity contribution in [3.8, 4) is 0 Å². The predicted molar refractivity (Wildman–Crippen MR) is 111 cm³/mol. The number of pyridine rings is 1. The van der Waals surface area contributed by atoms with Crippen LogP contribution in [0.25, 0.3) is 0 Å². The summed E-state index contributed by atoms with van der Waals surface area (Å²) in [5, 5.41) is 3.44. The number of benzene rings is 1. The number of thioether (sulfide) groups is 1. The minimum Gasteiger partial charge on any atom is -0.348 e. The summed E-state index contributed by atoms with van der Waals surface area (Å²) in [6.07, 6.45) is 4.39. The number of hydrogen-bond donors (Lipinski definition) is 1. The molecule has 6 nitrogen and oxygen atoms in total. The van der Waals surface area contributed by atoms with Gasteiger partial charge in [-0.15, -0.1) is 0 Å². The average molecular weight is 420 g/mol. The van der Waals surface area contributed by atoms with Crippen LogP contribution in [0.5, 0.6) is 0 Å². The van der Waals surface area contributed by atoms with Gasteiger partial charge in [-0.25, -0.2) is 17.7 Å². The van der Waals surface area contributed by atoms with E-state index in [1.54, 1.807) is 6.07 Å². The summed E-state index contributed by atoms with van der Waals surface area (Å²) in [6.45, 7) is 1.83. The third-order valence-corrected chi connectivity index (χ3v) is 7.69.